The monoisotopic (exact) mass is 187 g/mol. The molecule has 0 saturated heterocycles. The zero-order valence-corrected chi connectivity index (χ0v) is 8.21. The van der Waals surface area contributed by atoms with Gasteiger partial charge < -0.3 is 5.32 Å². The van der Waals surface area contributed by atoms with Crippen LogP contribution in [0.3, 0.4) is 0 Å². The van der Waals surface area contributed by atoms with Gasteiger partial charge in [-0.05, 0) is 19.2 Å². The van der Waals surface area contributed by atoms with E-state index in [4.69, 9.17) is 0 Å². The lowest BCUT2D eigenvalue weighted by molar-refractivity contribution is 0.112. The fourth-order valence-corrected chi connectivity index (χ4v) is 0.997. The van der Waals surface area contributed by atoms with Gasteiger partial charge in [-0.1, -0.05) is 24.0 Å². The quantitative estimate of drug-likeness (QED) is 0.441. The molecule has 0 saturated carbocycles. The van der Waals surface area contributed by atoms with E-state index in [1.54, 1.807) is 12.1 Å². The van der Waals surface area contributed by atoms with Gasteiger partial charge in [0.15, 0.2) is 0 Å². The second kappa shape index (κ2) is 5.95. The Labute approximate surface area is 84.3 Å². The SMILES string of the molecule is CNCCC#Cc1ccc(C=O)cc1. The van der Waals surface area contributed by atoms with E-state index in [0.717, 1.165) is 24.8 Å². The van der Waals surface area contributed by atoms with Gasteiger partial charge in [-0.3, -0.25) is 4.79 Å². The summed E-state index contributed by atoms with van der Waals surface area (Å²) >= 11 is 0. The molecule has 0 radical (unpaired) electrons. The zero-order valence-electron chi connectivity index (χ0n) is 8.21. The summed E-state index contributed by atoms with van der Waals surface area (Å²) in [5.74, 6) is 6.06. The summed E-state index contributed by atoms with van der Waals surface area (Å²) in [5, 5.41) is 3.02. The molecular formula is C12H13NO. The van der Waals surface area contributed by atoms with E-state index in [-0.39, 0.29) is 0 Å². The number of hydrogen-bond donors (Lipinski definition) is 1. The fourth-order valence-electron chi connectivity index (χ4n) is 0.997. The maximum absolute atomic E-state index is 10.4. The van der Waals surface area contributed by atoms with E-state index >= 15 is 0 Å². The normalized spacial score (nSPS) is 8.93. The van der Waals surface area contributed by atoms with Crippen LogP contribution in [-0.4, -0.2) is 19.9 Å². The third-order valence-corrected chi connectivity index (χ3v) is 1.78. The van der Waals surface area contributed by atoms with Crippen LogP contribution >= 0.6 is 0 Å². The van der Waals surface area contributed by atoms with Crippen molar-refractivity contribution in [1.82, 2.24) is 5.32 Å². The maximum atomic E-state index is 10.4. The van der Waals surface area contributed by atoms with E-state index in [9.17, 15) is 4.79 Å². The number of carbonyl (C=O) groups is 1. The van der Waals surface area contributed by atoms with E-state index in [1.807, 2.05) is 19.2 Å². The lowest BCUT2D eigenvalue weighted by atomic mass is 10.1. The first-order chi connectivity index (χ1) is 6.86. The summed E-state index contributed by atoms with van der Waals surface area (Å²) in [7, 11) is 1.90. The first-order valence-electron chi connectivity index (χ1n) is 4.55. The Kier molecular flexibility index (Phi) is 4.46. The second-order valence-corrected chi connectivity index (χ2v) is 2.90. The molecule has 0 spiro atoms. The topological polar surface area (TPSA) is 29.1 Å². The number of rotatable bonds is 3. The molecule has 0 fully saturated rings. The van der Waals surface area contributed by atoms with Gasteiger partial charge in [-0.15, -0.1) is 0 Å². The van der Waals surface area contributed by atoms with Crippen LogP contribution in [0, 0.1) is 11.8 Å². The number of hydrogen-bond acceptors (Lipinski definition) is 2. The summed E-state index contributed by atoms with van der Waals surface area (Å²) in [6, 6.07) is 7.26. The molecule has 0 aliphatic heterocycles. The van der Waals surface area contributed by atoms with Crippen molar-refractivity contribution in [3.63, 3.8) is 0 Å². The van der Waals surface area contributed by atoms with Gasteiger partial charge in [0.05, 0.1) is 0 Å². The number of aldehydes is 1. The fraction of sp³-hybridized carbons (Fsp3) is 0.250. The molecule has 2 nitrogen and oxygen atoms in total. The van der Waals surface area contributed by atoms with Gasteiger partial charge in [0, 0.05) is 24.1 Å². The van der Waals surface area contributed by atoms with Crippen LogP contribution in [0.25, 0.3) is 0 Å². The summed E-state index contributed by atoms with van der Waals surface area (Å²) in [6.45, 7) is 0.902. The van der Waals surface area contributed by atoms with Gasteiger partial charge >= 0.3 is 0 Å². The molecule has 0 aliphatic carbocycles. The Morgan fingerprint density at radius 1 is 1.36 bits per heavy atom. The summed E-state index contributed by atoms with van der Waals surface area (Å²) in [6.07, 6.45) is 1.67. The Balaban J connectivity index is 2.57. The lowest BCUT2D eigenvalue weighted by Crippen LogP contribution is -2.05. The van der Waals surface area contributed by atoms with Crippen molar-refractivity contribution < 1.29 is 4.79 Å². The van der Waals surface area contributed by atoms with E-state index in [0.29, 0.717) is 5.56 Å². The van der Waals surface area contributed by atoms with Crippen LogP contribution in [0.5, 0.6) is 0 Å². The molecule has 0 aliphatic rings. The molecule has 0 unspecified atom stereocenters. The predicted octanol–water partition coefficient (Wildman–Crippen LogP) is 1.46. The van der Waals surface area contributed by atoms with Crippen molar-refractivity contribution in [3.8, 4) is 11.8 Å². The average molecular weight is 187 g/mol. The largest absolute Gasteiger partial charge is 0.319 e. The van der Waals surface area contributed by atoms with E-state index < -0.39 is 0 Å². The lowest BCUT2D eigenvalue weighted by Gasteiger charge is -1.91. The molecule has 0 heterocycles. The van der Waals surface area contributed by atoms with Crippen molar-refractivity contribution in [3.05, 3.63) is 35.4 Å². The Bertz CT molecular complexity index is 343. The standard InChI is InChI=1S/C12H13NO/c1-13-9-3-2-4-11-5-7-12(10-14)8-6-11/h5-8,10,13H,3,9H2,1H3. The highest BCUT2D eigenvalue weighted by atomic mass is 16.1. The van der Waals surface area contributed by atoms with Crippen LogP contribution in [0.4, 0.5) is 0 Å². The van der Waals surface area contributed by atoms with Crippen LogP contribution in [0.15, 0.2) is 24.3 Å². The van der Waals surface area contributed by atoms with Crippen LogP contribution in [-0.2, 0) is 0 Å². The minimum absolute atomic E-state index is 0.686. The highest BCUT2D eigenvalue weighted by molar-refractivity contribution is 5.74. The van der Waals surface area contributed by atoms with Gasteiger partial charge in [0.2, 0.25) is 0 Å². The molecule has 1 rings (SSSR count). The molecule has 0 atom stereocenters. The highest BCUT2D eigenvalue weighted by Crippen LogP contribution is 2.00. The number of carbonyl (C=O) groups excluding carboxylic acids is 1. The van der Waals surface area contributed by atoms with Gasteiger partial charge in [-0.2, -0.15) is 0 Å². The smallest absolute Gasteiger partial charge is 0.150 e. The van der Waals surface area contributed by atoms with Gasteiger partial charge in [0.1, 0.15) is 6.29 Å². The van der Waals surface area contributed by atoms with Gasteiger partial charge in [0.25, 0.3) is 0 Å². The van der Waals surface area contributed by atoms with Crippen molar-refractivity contribution in [2.24, 2.45) is 0 Å². The first-order valence-corrected chi connectivity index (χ1v) is 4.55. The predicted molar refractivity (Wildman–Crippen MR) is 57.3 cm³/mol. The van der Waals surface area contributed by atoms with Crippen molar-refractivity contribution >= 4 is 6.29 Å². The van der Waals surface area contributed by atoms with Crippen LogP contribution in [0.1, 0.15) is 22.3 Å². The summed E-state index contributed by atoms with van der Waals surface area (Å²) < 4.78 is 0. The van der Waals surface area contributed by atoms with Crippen LogP contribution < -0.4 is 5.32 Å². The van der Waals surface area contributed by atoms with E-state index in [1.165, 1.54) is 0 Å². The van der Waals surface area contributed by atoms with Gasteiger partial charge in [-0.25, -0.2) is 0 Å². The number of benzene rings is 1. The van der Waals surface area contributed by atoms with Crippen molar-refractivity contribution in [2.45, 2.75) is 6.42 Å². The second-order valence-electron chi connectivity index (χ2n) is 2.90. The minimum atomic E-state index is 0.686. The van der Waals surface area contributed by atoms with E-state index in [2.05, 4.69) is 17.2 Å². The molecule has 1 aromatic rings. The van der Waals surface area contributed by atoms with Crippen molar-refractivity contribution in [1.29, 1.82) is 0 Å². The Hall–Kier alpha value is -1.59. The zero-order chi connectivity index (χ0) is 10.2. The molecule has 72 valence electrons. The molecule has 1 aromatic carbocycles. The molecule has 1 N–H and O–H groups in total. The highest BCUT2D eigenvalue weighted by Gasteiger charge is 1.88. The number of nitrogens with one attached hydrogen (secondary N) is 1. The average Bonchev–Trinajstić information content (AvgIpc) is 2.25. The molecule has 2 heteroatoms. The molecular weight excluding hydrogens is 174 g/mol. The third-order valence-electron chi connectivity index (χ3n) is 1.78. The first kappa shape index (κ1) is 10.5. The summed E-state index contributed by atoms with van der Waals surface area (Å²) in [5.41, 5.74) is 1.64. The Morgan fingerprint density at radius 2 is 2.07 bits per heavy atom. The minimum Gasteiger partial charge on any atom is -0.319 e. The van der Waals surface area contributed by atoms with Crippen molar-refractivity contribution in [2.75, 3.05) is 13.6 Å². The van der Waals surface area contributed by atoms with Crippen LogP contribution in [0.2, 0.25) is 0 Å². The third kappa shape index (κ3) is 3.42. The molecule has 14 heavy (non-hydrogen) atoms. The summed E-state index contributed by atoms with van der Waals surface area (Å²) in [4.78, 5) is 10.4. The molecule has 0 amide bonds. The molecule has 0 bridgehead atoms. The Morgan fingerprint density at radius 3 is 2.64 bits per heavy atom. The molecule has 0 aromatic heterocycles. The maximum Gasteiger partial charge on any atom is 0.150 e.